The van der Waals surface area contributed by atoms with Crippen LogP contribution in [0.5, 0.6) is 0 Å². The van der Waals surface area contributed by atoms with Crippen LogP contribution >= 0.6 is 11.6 Å². The quantitative estimate of drug-likeness (QED) is 0.759. The van der Waals surface area contributed by atoms with Gasteiger partial charge < -0.3 is 20.5 Å². The van der Waals surface area contributed by atoms with E-state index >= 15 is 0 Å². The van der Waals surface area contributed by atoms with Crippen molar-refractivity contribution >= 4 is 23.3 Å². The largest absolute Gasteiger partial charge is 0.392 e. The maximum Gasteiger partial charge on any atom is 0.319 e. The molecule has 0 radical (unpaired) electrons. The Labute approximate surface area is 140 Å². The third-order valence-electron chi connectivity index (χ3n) is 3.38. The van der Waals surface area contributed by atoms with Crippen LogP contribution in [0, 0.1) is 0 Å². The summed E-state index contributed by atoms with van der Waals surface area (Å²) in [5, 5.41) is 15.4. The van der Waals surface area contributed by atoms with Crippen LogP contribution in [0.15, 0.2) is 42.5 Å². The lowest BCUT2D eigenvalue weighted by molar-refractivity contribution is 0.185. The lowest BCUT2D eigenvalue weighted by atomic mass is 10.1. The average Bonchev–Trinajstić information content (AvgIpc) is 2.56. The van der Waals surface area contributed by atoms with Gasteiger partial charge in [-0.15, -0.1) is 0 Å². The molecule has 0 saturated carbocycles. The molecule has 2 amide bonds. The Bertz CT molecular complexity index is 677. The molecular weight excluding hydrogens is 316 g/mol. The Morgan fingerprint density at radius 3 is 2.61 bits per heavy atom. The van der Waals surface area contributed by atoms with E-state index in [2.05, 4.69) is 10.6 Å². The first kappa shape index (κ1) is 17.3. The van der Waals surface area contributed by atoms with E-state index in [1.165, 1.54) is 0 Å². The highest BCUT2D eigenvalue weighted by Crippen LogP contribution is 2.25. The van der Waals surface area contributed by atoms with Crippen LogP contribution < -0.4 is 10.6 Å². The highest BCUT2D eigenvalue weighted by atomic mass is 35.5. The Morgan fingerprint density at radius 1 is 1.17 bits per heavy atom. The fraction of sp³-hybridized carbons (Fsp3) is 0.235. The molecule has 0 bridgehead atoms. The van der Waals surface area contributed by atoms with Crippen molar-refractivity contribution in [3.05, 3.63) is 64.2 Å². The third-order valence-corrected chi connectivity index (χ3v) is 3.74. The lowest BCUT2D eigenvalue weighted by Crippen LogP contribution is -2.29. The highest BCUT2D eigenvalue weighted by molar-refractivity contribution is 6.31. The molecule has 0 saturated heterocycles. The number of carbonyl (C=O) groups is 1. The summed E-state index contributed by atoms with van der Waals surface area (Å²) in [6, 6.07) is 12.3. The first-order valence-electron chi connectivity index (χ1n) is 7.14. The molecule has 0 aromatic heterocycles. The Morgan fingerprint density at radius 2 is 1.91 bits per heavy atom. The van der Waals surface area contributed by atoms with Gasteiger partial charge in [-0.05, 0) is 23.3 Å². The van der Waals surface area contributed by atoms with Crippen molar-refractivity contribution in [3.63, 3.8) is 0 Å². The first-order chi connectivity index (χ1) is 11.2. The predicted octanol–water partition coefficient (Wildman–Crippen LogP) is 3.30. The highest BCUT2D eigenvalue weighted by Gasteiger charge is 2.10. The van der Waals surface area contributed by atoms with Crippen molar-refractivity contribution in [2.24, 2.45) is 0 Å². The fourth-order valence-corrected chi connectivity index (χ4v) is 2.42. The van der Waals surface area contributed by atoms with Crippen molar-refractivity contribution in [1.29, 1.82) is 0 Å². The zero-order valence-electron chi connectivity index (χ0n) is 12.8. The van der Waals surface area contributed by atoms with Crippen molar-refractivity contribution in [2.45, 2.75) is 19.8 Å². The van der Waals surface area contributed by atoms with E-state index in [0.29, 0.717) is 23.9 Å². The van der Waals surface area contributed by atoms with E-state index in [4.69, 9.17) is 16.3 Å². The zero-order chi connectivity index (χ0) is 16.7. The average molecular weight is 335 g/mol. The molecule has 0 aliphatic heterocycles. The number of anilines is 1. The van der Waals surface area contributed by atoms with Crippen molar-refractivity contribution < 1.29 is 14.6 Å². The molecule has 0 atom stereocenters. The van der Waals surface area contributed by atoms with Gasteiger partial charge in [0, 0.05) is 29.9 Å². The number of aliphatic hydroxyl groups is 1. The third kappa shape index (κ3) is 4.69. The molecule has 2 aromatic carbocycles. The number of halogens is 1. The predicted molar refractivity (Wildman–Crippen MR) is 90.4 cm³/mol. The van der Waals surface area contributed by atoms with Gasteiger partial charge in [-0.2, -0.15) is 0 Å². The molecular formula is C17H19ClN2O3. The molecule has 2 rings (SSSR count). The van der Waals surface area contributed by atoms with Crippen LogP contribution in [-0.4, -0.2) is 18.2 Å². The van der Waals surface area contributed by atoms with Crippen LogP contribution in [0.4, 0.5) is 10.5 Å². The van der Waals surface area contributed by atoms with Gasteiger partial charge in [0.05, 0.1) is 13.2 Å². The van der Waals surface area contributed by atoms with Crippen LogP contribution in [0.25, 0.3) is 0 Å². The van der Waals surface area contributed by atoms with Crippen molar-refractivity contribution in [2.75, 3.05) is 12.4 Å². The summed E-state index contributed by atoms with van der Waals surface area (Å²) in [7, 11) is 1.57. The first-order valence-corrected chi connectivity index (χ1v) is 7.52. The summed E-state index contributed by atoms with van der Waals surface area (Å²) >= 11 is 6.12. The summed E-state index contributed by atoms with van der Waals surface area (Å²) in [5.74, 6) is 0. The van der Waals surface area contributed by atoms with Gasteiger partial charge in [0.25, 0.3) is 0 Å². The smallest absolute Gasteiger partial charge is 0.319 e. The number of aliphatic hydroxyl groups excluding tert-OH is 1. The van der Waals surface area contributed by atoms with E-state index in [9.17, 15) is 9.90 Å². The van der Waals surface area contributed by atoms with Crippen LogP contribution in [-0.2, 0) is 24.5 Å². The van der Waals surface area contributed by atoms with Crippen molar-refractivity contribution in [1.82, 2.24) is 5.32 Å². The number of hydrogen-bond acceptors (Lipinski definition) is 3. The lowest BCUT2D eigenvalue weighted by Gasteiger charge is -2.13. The van der Waals surface area contributed by atoms with Gasteiger partial charge in [0.2, 0.25) is 0 Å². The maximum absolute atomic E-state index is 12.1. The van der Waals surface area contributed by atoms with E-state index in [1.807, 2.05) is 24.3 Å². The molecule has 2 aromatic rings. The van der Waals surface area contributed by atoms with Crippen molar-refractivity contribution in [3.8, 4) is 0 Å². The number of urea groups is 1. The number of hydrogen-bond donors (Lipinski definition) is 3. The van der Waals surface area contributed by atoms with Gasteiger partial charge in [-0.3, -0.25) is 0 Å². The van der Waals surface area contributed by atoms with Gasteiger partial charge in [-0.1, -0.05) is 41.9 Å². The van der Waals surface area contributed by atoms with Crippen LogP contribution in [0.3, 0.4) is 0 Å². The number of rotatable bonds is 6. The number of amides is 2. The van der Waals surface area contributed by atoms with E-state index in [0.717, 1.165) is 16.7 Å². The molecule has 0 spiro atoms. The normalized spacial score (nSPS) is 10.4. The van der Waals surface area contributed by atoms with Crippen LogP contribution in [0.2, 0.25) is 5.02 Å². The Hall–Kier alpha value is -2.08. The molecule has 23 heavy (non-hydrogen) atoms. The monoisotopic (exact) mass is 334 g/mol. The number of carbonyl (C=O) groups excluding carboxylic acids is 1. The molecule has 0 fully saturated rings. The molecule has 0 unspecified atom stereocenters. The van der Waals surface area contributed by atoms with Gasteiger partial charge in [0.15, 0.2) is 0 Å². The summed E-state index contributed by atoms with van der Waals surface area (Å²) < 4.78 is 5.11. The van der Waals surface area contributed by atoms with Gasteiger partial charge in [-0.25, -0.2) is 4.79 Å². The summed E-state index contributed by atoms with van der Waals surface area (Å²) in [6.07, 6.45) is 0. The zero-order valence-corrected chi connectivity index (χ0v) is 13.6. The second-order valence-corrected chi connectivity index (χ2v) is 5.34. The van der Waals surface area contributed by atoms with E-state index in [1.54, 1.807) is 25.3 Å². The number of ether oxygens (including phenoxy) is 1. The molecule has 122 valence electrons. The standard InChI is InChI=1S/C17H19ClN2O3/c1-23-11-14-15(18)7-4-8-16(14)20-17(22)19-9-12-5-2-3-6-13(12)10-21/h2-8,21H,9-11H2,1H3,(H2,19,20,22). The summed E-state index contributed by atoms with van der Waals surface area (Å²) in [4.78, 5) is 12.1. The maximum atomic E-state index is 12.1. The van der Waals surface area contributed by atoms with Gasteiger partial charge in [0.1, 0.15) is 0 Å². The number of methoxy groups -OCH3 is 1. The minimum absolute atomic E-state index is 0.0637. The second kappa shape index (κ2) is 8.53. The number of benzene rings is 2. The Balaban J connectivity index is 2.01. The minimum atomic E-state index is -0.350. The molecule has 5 nitrogen and oxygen atoms in total. The second-order valence-electron chi connectivity index (χ2n) is 4.93. The molecule has 6 heteroatoms. The van der Waals surface area contributed by atoms with E-state index < -0.39 is 0 Å². The number of nitrogens with one attached hydrogen (secondary N) is 2. The molecule has 0 heterocycles. The van der Waals surface area contributed by atoms with Crippen LogP contribution in [0.1, 0.15) is 16.7 Å². The summed E-state index contributed by atoms with van der Waals surface area (Å²) in [6.45, 7) is 0.567. The topological polar surface area (TPSA) is 70.6 Å². The van der Waals surface area contributed by atoms with Gasteiger partial charge >= 0.3 is 6.03 Å². The summed E-state index contributed by atoms with van der Waals surface area (Å²) in [5.41, 5.74) is 2.99. The molecule has 0 aliphatic carbocycles. The SMILES string of the molecule is COCc1c(Cl)cccc1NC(=O)NCc1ccccc1CO. The minimum Gasteiger partial charge on any atom is -0.392 e. The fourth-order valence-electron chi connectivity index (χ4n) is 2.19. The molecule has 3 N–H and O–H groups in total. The molecule has 0 aliphatic rings. The Kier molecular flexibility index (Phi) is 6.40. The van der Waals surface area contributed by atoms with E-state index in [-0.39, 0.29) is 12.6 Å².